The monoisotopic (exact) mass is 366 g/mol. The van der Waals surface area contributed by atoms with Crippen LogP contribution in [0.25, 0.3) is 0 Å². The van der Waals surface area contributed by atoms with Crippen LogP contribution in [0.4, 0.5) is 11.4 Å². The van der Waals surface area contributed by atoms with Gasteiger partial charge in [0.25, 0.3) is 5.69 Å². The molecule has 0 aliphatic heterocycles. The van der Waals surface area contributed by atoms with Crippen molar-refractivity contribution < 1.29 is 14.4 Å². The number of benzene rings is 1. The van der Waals surface area contributed by atoms with E-state index in [9.17, 15) is 10.1 Å². The maximum Gasteiger partial charge on any atom is 0.282 e. The third kappa shape index (κ3) is 5.15. The van der Waals surface area contributed by atoms with E-state index in [1.54, 1.807) is 19.2 Å². The Kier molecular flexibility index (Phi) is 6.91. The van der Waals surface area contributed by atoms with Gasteiger partial charge >= 0.3 is 0 Å². The standard InChI is InChI=1S/C11H15IN2O4/c1-17-6-7-18-5-4-13-9-2-3-11(14(15)16)10(12)8-9/h2-3,8,13H,4-7H2,1H3. The summed E-state index contributed by atoms with van der Waals surface area (Å²) in [6.45, 7) is 2.36. The smallest absolute Gasteiger partial charge is 0.282 e. The van der Waals surface area contributed by atoms with Crippen LogP contribution in [0.15, 0.2) is 18.2 Å². The number of nitro groups is 1. The molecule has 1 aromatic rings. The summed E-state index contributed by atoms with van der Waals surface area (Å²) < 4.78 is 10.8. The van der Waals surface area contributed by atoms with Gasteiger partial charge in [0.1, 0.15) is 0 Å². The molecular formula is C11H15IN2O4. The second-order valence-electron chi connectivity index (χ2n) is 3.46. The molecule has 0 heterocycles. The normalized spacial score (nSPS) is 10.3. The highest BCUT2D eigenvalue weighted by molar-refractivity contribution is 14.1. The van der Waals surface area contributed by atoms with Crippen molar-refractivity contribution in [1.82, 2.24) is 0 Å². The Morgan fingerprint density at radius 2 is 2.17 bits per heavy atom. The molecule has 0 saturated carbocycles. The largest absolute Gasteiger partial charge is 0.383 e. The van der Waals surface area contributed by atoms with Crippen LogP contribution in [0.3, 0.4) is 0 Å². The summed E-state index contributed by atoms with van der Waals surface area (Å²) in [4.78, 5) is 10.3. The average molecular weight is 366 g/mol. The number of nitrogens with zero attached hydrogens (tertiary/aromatic N) is 1. The van der Waals surface area contributed by atoms with Crippen LogP contribution in [0.1, 0.15) is 0 Å². The number of nitro benzene ring substituents is 1. The van der Waals surface area contributed by atoms with Crippen LogP contribution in [0, 0.1) is 13.7 Å². The predicted molar refractivity (Wildman–Crippen MR) is 77.0 cm³/mol. The highest BCUT2D eigenvalue weighted by Gasteiger charge is 2.10. The minimum atomic E-state index is -0.389. The predicted octanol–water partition coefficient (Wildman–Crippen LogP) is 2.27. The fourth-order valence-corrected chi connectivity index (χ4v) is 1.99. The third-order valence-corrected chi connectivity index (χ3v) is 3.02. The highest BCUT2D eigenvalue weighted by atomic mass is 127. The van der Waals surface area contributed by atoms with Crippen molar-refractivity contribution in [2.75, 3.05) is 38.8 Å². The highest BCUT2D eigenvalue weighted by Crippen LogP contribution is 2.23. The number of hydrogen-bond donors (Lipinski definition) is 1. The topological polar surface area (TPSA) is 73.6 Å². The summed E-state index contributed by atoms with van der Waals surface area (Å²) in [6, 6.07) is 4.93. The van der Waals surface area contributed by atoms with E-state index in [4.69, 9.17) is 9.47 Å². The van der Waals surface area contributed by atoms with Gasteiger partial charge in [-0.2, -0.15) is 0 Å². The van der Waals surface area contributed by atoms with Crippen molar-refractivity contribution in [2.24, 2.45) is 0 Å². The molecule has 7 heteroatoms. The Hall–Kier alpha value is -0.930. The molecule has 0 bridgehead atoms. The zero-order valence-electron chi connectivity index (χ0n) is 10.0. The number of halogens is 1. The van der Waals surface area contributed by atoms with E-state index in [1.807, 2.05) is 22.6 Å². The fraction of sp³-hybridized carbons (Fsp3) is 0.455. The maximum absolute atomic E-state index is 10.6. The van der Waals surface area contributed by atoms with Crippen molar-refractivity contribution in [3.63, 3.8) is 0 Å². The molecule has 0 aromatic heterocycles. The lowest BCUT2D eigenvalue weighted by atomic mass is 10.3. The molecule has 0 amide bonds. The van der Waals surface area contributed by atoms with Crippen molar-refractivity contribution in [1.29, 1.82) is 0 Å². The lowest BCUT2D eigenvalue weighted by Gasteiger charge is -2.07. The summed E-state index contributed by atoms with van der Waals surface area (Å²) in [5, 5.41) is 13.8. The van der Waals surface area contributed by atoms with Crippen molar-refractivity contribution in [2.45, 2.75) is 0 Å². The lowest BCUT2D eigenvalue weighted by molar-refractivity contribution is -0.385. The molecule has 0 fully saturated rings. The van der Waals surface area contributed by atoms with Crippen molar-refractivity contribution >= 4 is 34.0 Å². The summed E-state index contributed by atoms with van der Waals surface area (Å²) in [6.07, 6.45) is 0. The molecule has 1 N–H and O–H groups in total. The first-order valence-corrected chi connectivity index (χ1v) is 6.47. The summed E-state index contributed by atoms with van der Waals surface area (Å²) in [5.74, 6) is 0. The minimum Gasteiger partial charge on any atom is -0.383 e. The van der Waals surface area contributed by atoms with Crippen LogP contribution in [-0.4, -0.2) is 38.4 Å². The second kappa shape index (κ2) is 8.22. The Labute approximate surface area is 119 Å². The Bertz CT molecular complexity index is 401. The average Bonchev–Trinajstić information content (AvgIpc) is 2.33. The van der Waals surface area contributed by atoms with E-state index in [1.165, 1.54) is 6.07 Å². The first-order chi connectivity index (χ1) is 8.65. The Morgan fingerprint density at radius 3 is 2.78 bits per heavy atom. The number of nitrogens with one attached hydrogen (secondary N) is 1. The van der Waals surface area contributed by atoms with E-state index >= 15 is 0 Å². The molecule has 1 rings (SSSR count). The number of anilines is 1. The number of methoxy groups -OCH3 is 1. The minimum absolute atomic E-state index is 0.123. The third-order valence-electron chi connectivity index (χ3n) is 2.15. The summed E-state index contributed by atoms with van der Waals surface area (Å²) >= 11 is 1.95. The number of ether oxygens (including phenoxy) is 2. The van der Waals surface area contributed by atoms with Gasteiger partial charge in [-0.05, 0) is 34.7 Å². The molecule has 0 spiro atoms. The lowest BCUT2D eigenvalue weighted by Crippen LogP contribution is -2.12. The van der Waals surface area contributed by atoms with E-state index in [2.05, 4.69) is 5.32 Å². The zero-order valence-corrected chi connectivity index (χ0v) is 12.2. The maximum atomic E-state index is 10.6. The Balaban J connectivity index is 2.35. The van der Waals surface area contributed by atoms with Gasteiger partial charge in [-0.15, -0.1) is 0 Å². The molecule has 0 saturated heterocycles. The molecule has 6 nitrogen and oxygen atoms in total. The van der Waals surface area contributed by atoms with Crippen molar-refractivity contribution in [3.8, 4) is 0 Å². The van der Waals surface area contributed by atoms with Gasteiger partial charge in [-0.1, -0.05) is 0 Å². The van der Waals surface area contributed by atoms with Gasteiger partial charge in [-0.25, -0.2) is 0 Å². The molecule has 0 aliphatic rings. The summed E-state index contributed by atoms with van der Waals surface area (Å²) in [7, 11) is 1.63. The first-order valence-electron chi connectivity index (χ1n) is 5.39. The molecule has 100 valence electrons. The molecular weight excluding hydrogens is 351 g/mol. The van der Waals surface area contributed by atoms with Gasteiger partial charge < -0.3 is 14.8 Å². The molecule has 0 unspecified atom stereocenters. The van der Waals surface area contributed by atoms with Crippen LogP contribution >= 0.6 is 22.6 Å². The summed E-state index contributed by atoms with van der Waals surface area (Å²) in [5.41, 5.74) is 0.970. The van der Waals surface area contributed by atoms with Crippen LogP contribution in [0.2, 0.25) is 0 Å². The van der Waals surface area contributed by atoms with Crippen LogP contribution in [-0.2, 0) is 9.47 Å². The van der Waals surface area contributed by atoms with Gasteiger partial charge in [0.15, 0.2) is 0 Å². The molecule has 0 aliphatic carbocycles. The van der Waals surface area contributed by atoms with Crippen LogP contribution < -0.4 is 5.32 Å². The quantitative estimate of drug-likeness (QED) is 0.331. The molecule has 1 aromatic carbocycles. The molecule has 0 atom stereocenters. The first kappa shape index (κ1) is 15.1. The van der Waals surface area contributed by atoms with E-state index in [0.717, 1.165) is 5.69 Å². The van der Waals surface area contributed by atoms with Gasteiger partial charge in [0, 0.05) is 25.4 Å². The number of rotatable bonds is 8. The SMILES string of the molecule is COCCOCCNc1ccc([N+](=O)[O-])c(I)c1. The van der Waals surface area contributed by atoms with Crippen molar-refractivity contribution in [3.05, 3.63) is 31.9 Å². The van der Waals surface area contributed by atoms with Gasteiger partial charge in [-0.3, -0.25) is 10.1 Å². The van der Waals surface area contributed by atoms with Gasteiger partial charge in [0.2, 0.25) is 0 Å². The fourth-order valence-electron chi connectivity index (χ4n) is 1.28. The van der Waals surface area contributed by atoms with E-state index < -0.39 is 0 Å². The number of hydrogen-bond acceptors (Lipinski definition) is 5. The zero-order chi connectivity index (χ0) is 13.4. The van der Waals surface area contributed by atoms with E-state index in [-0.39, 0.29) is 10.6 Å². The van der Waals surface area contributed by atoms with Crippen LogP contribution in [0.5, 0.6) is 0 Å². The second-order valence-corrected chi connectivity index (χ2v) is 4.62. The van der Waals surface area contributed by atoms with Gasteiger partial charge in [0.05, 0.1) is 28.3 Å². The molecule has 0 radical (unpaired) electrons. The Morgan fingerprint density at radius 1 is 1.39 bits per heavy atom. The molecule has 18 heavy (non-hydrogen) atoms. The van der Waals surface area contributed by atoms with E-state index in [0.29, 0.717) is 29.9 Å².